The van der Waals surface area contributed by atoms with Crippen molar-refractivity contribution in [2.24, 2.45) is 5.41 Å². The quantitative estimate of drug-likeness (QED) is 0.724. The molecule has 150 valence electrons. The summed E-state index contributed by atoms with van der Waals surface area (Å²) in [6.45, 7) is 9.45. The van der Waals surface area contributed by atoms with Gasteiger partial charge in [0.25, 0.3) is 0 Å². The Hall–Kier alpha value is -2.50. The highest BCUT2D eigenvalue weighted by Crippen LogP contribution is 2.32. The highest BCUT2D eigenvalue weighted by atomic mass is 16.5. The van der Waals surface area contributed by atoms with E-state index in [0.29, 0.717) is 24.5 Å². The largest absolute Gasteiger partial charge is 0.497 e. The summed E-state index contributed by atoms with van der Waals surface area (Å²) in [5.74, 6) is 2.44. The molecule has 0 spiro atoms. The number of aromatic nitrogens is 3. The van der Waals surface area contributed by atoms with Crippen molar-refractivity contribution >= 4 is 11.6 Å². The molecule has 1 aliphatic rings. The number of ether oxygens (including phenoxy) is 1. The van der Waals surface area contributed by atoms with Crippen molar-refractivity contribution in [2.75, 3.05) is 25.1 Å². The first-order valence-corrected chi connectivity index (χ1v) is 9.97. The fraction of sp³-hybridized carbons (Fsp3) is 0.545. The molecule has 2 heterocycles. The summed E-state index contributed by atoms with van der Waals surface area (Å²) in [7, 11) is 1.63. The molecule has 1 aliphatic carbocycles. The van der Waals surface area contributed by atoms with E-state index in [1.165, 1.54) is 5.56 Å². The summed E-state index contributed by atoms with van der Waals surface area (Å²) in [6.07, 6.45) is 5.23. The number of anilines is 1. The van der Waals surface area contributed by atoms with Gasteiger partial charge in [0.05, 0.1) is 13.7 Å². The minimum Gasteiger partial charge on any atom is -0.497 e. The molecular formula is C22H30N4O2. The number of hydrogen-bond acceptors (Lipinski definition) is 6. The van der Waals surface area contributed by atoms with E-state index in [2.05, 4.69) is 37.6 Å². The fourth-order valence-corrected chi connectivity index (χ4v) is 3.65. The predicted molar refractivity (Wildman–Crippen MR) is 111 cm³/mol. The van der Waals surface area contributed by atoms with Gasteiger partial charge in [-0.15, -0.1) is 0 Å². The van der Waals surface area contributed by atoms with Gasteiger partial charge in [0.15, 0.2) is 11.6 Å². The number of likely N-dealkylation sites (N-methyl/N-ethyl adjacent to an activating group) is 1. The molecule has 0 unspecified atom stereocenters. The molecule has 0 amide bonds. The summed E-state index contributed by atoms with van der Waals surface area (Å²) in [6, 6.07) is 3.66. The van der Waals surface area contributed by atoms with E-state index < -0.39 is 0 Å². The number of carbonyl (C=O) groups is 1. The monoisotopic (exact) mass is 382 g/mol. The Kier molecular flexibility index (Phi) is 5.96. The molecule has 0 N–H and O–H groups in total. The molecule has 2 aromatic heterocycles. The molecular weight excluding hydrogens is 352 g/mol. The second-order valence-electron chi connectivity index (χ2n) is 8.52. The topological polar surface area (TPSA) is 68.2 Å². The molecule has 0 atom stereocenters. The molecule has 28 heavy (non-hydrogen) atoms. The van der Waals surface area contributed by atoms with Crippen LogP contribution in [0.3, 0.4) is 0 Å². The van der Waals surface area contributed by atoms with Gasteiger partial charge in [0.2, 0.25) is 0 Å². The normalized spacial score (nSPS) is 13.3. The average molecular weight is 383 g/mol. The maximum absolute atomic E-state index is 12.6. The molecule has 0 bridgehead atoms. The number of pyridine rings is 1. The molecule has 0 radical (unpaired) electrons. The number of rotatable bonds is 7. The summed E-state index contributed by atoms with van der Waals surface area (Å²) in [5, 5.41) is 0. The zero-order chi connectivity index (χ0) is 20.3. The van der Waals surface area contributed by atoms with Crippen LogP contribution >= 0.6 is 0 Å². The van der Waals surface area contributed by atoms with Crippen LogP contribution in [0.4, 0.5) is 5.82 Å². The van der Waals surface area contributed by atoms with Gasteiger partial charge in [-0.1, -0.05) is 20.8 Å². The molecule has 0 aromatic carbocycles. The molecule has 3 rings (SSSR count). The number of fused-ring (bicyclic) bond motifs is 1. The van der Waals surface area contributed by atoms with Gasteiger partial charge in [-0.2, -0.15) is 0 Å². The van der Waals surface area contributed by atoms with Gasteiger partial charge >= 0.3 is 0 Å². The molecule has 0 fully saturated rings. The first-order valence-electron chi connectivity index (χ1n) is 9.97. The van der Waals surface area contributed by atoms with E-state index in [0.717, 1.165) is 43.1 Å². The molecule has 6 heteroatoms. The van der Waals surface area contributed by atoms with Crippen LogP contribution in [0.1, 0.15) is 51.8 Å². The highest BCUT2D eigenvalue weighted by molar-refractivity contribution is 5.84. The second kappa shape index (κ2) is 8.25. The Bertz CT molecular complexity index is 858. The number of ketones is 1. The summed E-state index contributed by atoms with van der Waals surface area (Å²) >= 11 is 0. The number of aryl methyl sites for hydroxylation is 1. The number of methoxy groups -OCH3 is 1. The summed E-state index contributed by atoms with van der Waals surface area (Å²) < 4.78 is 5.32. The van der Waals surface area contributed by atoms with Crippen LogP contribution in [-0.2, 0) is 17.6 Å². The van der Waals surface area contributed by atoms with Crippen molar-refractivity contribution in [2.45, 2.75) is 53.4 Å². The maximum Gasteiger partial charge on any atom is 0.180 e. The number of Topliss-reactive ketones (excluding diaryl/α,β-unsaturated/α-hetero) is 1. The third kappa shape index (κ3) is 4.66. The number of nitrogens with zero attached hydrogens (tertiary/aromatic N) is 4. The second-order valence-corrected chi connectivity index (χ2v) is 8.52. The number of carbonyl (C=O) groups excluding carboxylic acids is 1. The van der Waals surface area contributed by atoms with Crippen molar-refractivity contribution < 1.29 is 9.53 Å². The van der Waals surface area contributed by atoms with E-state index in [1.807, 2.05) is 6.07 Å². The Balaban J connectivity index is 1.97. The molecule has 0 saturated heterocycles. The van der Waals surface area contributed by atoms with Crippen LogP contribution in [0.5, 0.6) is 5.75 Å². The van der Waals surface area contributed by atoms with Gasteiger partial charge in [-0.25, -0.2) is 9.97 Å². The third-order valence-corrected chi connectivity index (χ3v) is 4.88. The standard InChI is InChI=1S/C22H30N4O2/c1-6-26(14-15(27)13-22(2,3)4)21-17-8-7-9-18(17)24-20(25-21)19-12-16(28-5)10-11-23-19/h10-12H,6-9,13-14H2,1-5H3. The van der Waals surface area contributed by atoms with Crippen molar-refractivity contribution in [1.82, 2.24) is 15.0 Å². The van der Waals surface area contributed by atoms with Crippen molar-refractivity contribution in [3.63, 3.8) is 0 Å². The van der Waals surface area contributed by atoms with Crippen LogP contribution in [-0.4, -0.2) is 40.9 Å². The minimum atomic E-state index is -0.0141. The van der Waals surface area contributed by atoms with E-state index >= 15 is 0 Å². The lowest BCUT2D eigenvalue weighted by molar-refractivity contribution is -0.119. The van der Waals surface area contributed by atoms with Gasteiger partial charge in [0.1, 0.15) is 17.3 Å². The van der Waals surface area contributed by atoms with Gasteiger partial charge in [-0.3, -0.25) is 9.78 Å². The Morgan fingerprint density at radius 3 is 2.71 bits per heavy atom. The van der Waals surface area contributed by atoms with E-state index in [9.17, 15) is 4.79 Å². The summed E-state index contributed by atoms with van der Waals surface area (Å²) in [4.78, 5) is 28.8. The van der Waals surface area contributed by atoms with Crippen molar-refractivity contribution in [1.29, 1.82) is 0 Å². The SMILES string of the molecule is CCN(CC(=O)CC(C)(C)C)c1nc(-c2cc(OC)ccn2)nc2c1CCC2. The lowest BCUT2D eigenvalue weighted by Gasteiger charge is -2.26. The predicted octanol–water partition coefficient (Wildman–Crippen LogP) is 3.87. The smallest absolute Gasteiger partial charge is 0.180 e. The summed E-state index contributed by atoms with van der Waals surface area (Å²) in [5.41, 5.74) is 2.93. The van der Waals surface area contributed by atoms with Gasteiger partial charge in [-0.05, 0) is 37.7 Å². The van der Waals surface area contributed by atoms with Crippen LogP contribution in [0.25, 0.3) is 11.5 Å². The van der Waals surface area contributed by atoms with E-state index in [4.69, 9.17) is 14.7 Å². The highest BCUT2D eigenvalue weighted by Gasteiger charge is 2.25. The zero-order valence-corrected chi connectivity index (χ0v) is 17.6. The first-order chi connectivity index (χ1) is 13.3. The van der Waals surface area contributed by atoms with Crippen LogP contribution in [0, 0.1) is 5.41 Å². The molecule has 0 saturated carbocycles. The van der Waals surface area contributed by atoms with E-state index in [-0.39, 0.29) is 11.2 Å². The molecule has 0 aliphatic heterocycles. The Morgan fingerprint density at radius 1 is 1.25 bits per heavy atom. The maximum atomic E-state index is 12.6. The van der Waals surface area contributed by atoms with Gasteiger partial charge in [0, 0.05) is 36.5 Å². The minimum absolute atomic E-state index is 0.0141. The van der Waals surface area contributed by atoms with E-state index in [1.54, 1.807) is 19.4 Å². The average Bonchev–Trinajstić information content (AvgIpc) is 3.12. The lowest BCUT2D eigenvalue weighted by atomic mass is 9.90. The molecule has 2 aromatic rings. The van der Waals surface area contributed by atoms with Crippen LogP contribution < -0.4 is 9.64 Å². The van der Waals surface area contributed by atoms with Crippen molar-refractivity contribution in [3.8, 4) is 17.3 Å². The molecule has 6 nitrogen and oxygen atoms in total. The van der Waals surface area contributed by atoms with Crippen LogP contribution in [0.2, 0.25) is 0 Å². The lowest BCUT2D eigenvalue weighted by Crippen LogP contribution is -2.33. The van der Waals surface area contributed by atoms with Crippen molar-refractivity contribution in [3.05, 3.63) is 29.6 Å². The fourth-order valence-electron chi connectivity index (χ4n) is 3.65. The first kappa shape index (κ1) is 20.2. The third-order valence-electron chi connectivity index (χ3n) is 4.88. The zero-order valence-electron chi connectivity index (χ0n) is 17.6. The van der Waals surface area contributed by atoms with Gasteiger partial charge < -0.3 is 9.64 Å². The number of hydrogen-bond donors (Lipinski definition) is 0. The van der Waals surface area contributed by atoms with Crippen LogP contribution in [0.15, 0.2) is 18.3 Å². The Morgan fingerprint density at radius 2 is 2.04 bits per heavy atom. The Labute approximate surface area is 167 Å².